The molecule has 0 heterocycles. The van der Waals surface area contributed by atoms with E-state index >= 15 is 0 Å². The average molecular weight is 294 g/mol. The van der Waals surface area contributed by atoms with Crippen molar-refractivity contribution in [2.75, 3.05) is 18.0 Å². The lowest BCUT2D eigenvalue weighted by molar-refractivity contribution is -0.118. The molecule has 0 bridgehead atoms. The SMILES string of the molecule is CCCCCCCCNC(=O)CSc1ccc(N)cc1. The van der Waals surface area contributed by atoms with Crippen LogP contribution in [0.5, 0.6) is 0 Å². The number of nitrogen functional groups attached to an aromatic ring is 1. The molecule has 0 aromatic heterocycles. The molecule has 3 nitrogen and oxygen atoms in total. The van der Waals surface area contributed by atoms with Gasteiger partial charge in [0.15, 0.2) is 0 Å². The third kappa shape index (κ3) is 8.10. The summed E-state index contributed by atoms with van der Waals surface area (Å²) in [5.41, 5.74) is 6.37. The summed E-state index contributed by atoms with van der Waals surface area (Å²) < 4.78 is 0. The Morgan fingerprint density at radius 3 is 2.45 bits per heavy atom. The number of unbranched alkanes of at least 4 members (excludes halogenated alkanes) is 5. The molecular formula is C16H26N2OS. The molecule has 0 radical (unpaired) electrons. The van der Waals surface area contributed by atoms with E-state index in [2.05, 4.69) is 12.2 Å². The van der Waals surface area contributed by atoms with Crippen molar-refractivity contribution in [2.45, 2.75) is 50.3 Å². The van der Waals surface area contributed by atoms with Crippen LogP contribution in [0.15, 0.2) is 29.2 Å². The summed E-state index contributed by atoms with van der Waals surface area (Å²) in [6.45, 7) is 3.02. The summed E-state index contributed by atoms with van der Waals surface area (Å²) in [6.07, 6.45) is 7.50. The number of nitrogens with two attached hydrogens (primary N) is 1. The van der Waals surface area contributed by atoms with Crippen LogP contribution in [0.25, 0.3) is 0 Å². The standard InChI is InChI=1S/C16H26N2OS/c1-2-3-4-5-6-7-12-18-16(19)13-20-15-10-8-14(17)9-11-15/h8-11H,2-7,12-13,17H2,1H3,(H,18,19). The Labute approximate surface area is 126 Å². The second-order valence-electron chi connectivity index (χ2n) is 4.98. The van der Waals surface area contributed by atoms with Gasteiger partial charge >= 0.3 is 0 Å². The first-order valence-electron chi connectivity index (χ1n) is 7.47. The van der Waals surface area contributed by atoms with Gasteiger partial charge in [-0.15, -0.1) is 11.8 Å². The van der Waals surface area contributed by atoms with Crippen LogP contribution in [-0.4, -0.2) is 18.2 Å². The number of anilines is 1. The Hall–Kier alpha value is -1.16. The molecule has 0 fully saturated rings. The number of thioether (sulfide) groups is 1. The number of rotatable bonds is 10. The van der Waals surface area contributed by atoms with Gasteiger partial charge in [0.05, 0.1) is 5.75 Å². The highest BCUT2D eigenvalue weighted by Crippen LogP contribution is 2.18. The maximum Gasteiger partial charge on any atom is 0.230 e. The summed E-state index contributed by atoms with van der Waals surface area (Å²) in [5.74, 6) is 0.583. The molecule has 0 saturated heterocycles. The van der Waals surface area contributed by atoms with E-state index in [4.69, 9.17) is 5.73 Å². The summed E-state index contributed by atoms with van der Waals surface area (Å²) in [6, 6.07) is 7.61. The van der Waals surface area contributed by atoms with Gasteiger partial charge < -0.3 is 11.1 Å². The van der Waals surface area contributed by atoms with Gasteiger partial charge in [-0.25, -0.2) is 0 Å². The minimum Gasteiger partial charge on any atom is -0.399 e. The first kappa shape index (κ1) is 16.9. The Morgan fingerprint density at radius 2 is 1.75 bits per heavy atom. The number of hydrogen-bond donors (Lipinski definition) is 2. The number of nitrogens with one attached hydrogen (secondary N) is 1. The molecule has 1 aromatic carbocycles. The lowest BCUT2D eigenvalue weighted by atomic mass is 10.1. The van der Waals surface area contributed by atoms with Crippen LogP contribution in [0.1, 0.15) is 45.4 Å². The van der Waals surface area contributed by atoms with E-state index in [1.165, 1.54) is 32.1 Å². The zero-order valence-corrected chi connectivity index (χ0v) is 13.2. The van der Waals surface area contributed by atoms with Crippen LogP contribution >= 0.6 is 11.8 Å². The fraction of sp³-hybridized carbons (Fsp3) is 0.562. The normalized spacial score (nSPS) is 10.4. The molecule has 20 heavy (non-hydrogen) atoms. The van der Waals surface area contributed by atoms with E-state index < -0.39 is 0 Å². The predicted octanol–water partition coefficient (Wildman–Crippen LogP) is 3.84. The number of carbonyl (C=O) groups excluding carboxylic acids is 1. The first-order valence-corrected chi connectivity index (χ1v) is 8.46. The zero-order chi connectivity index (χ0) is 14.6. The van der Waals surface area contributed by atoms with Crippen LogP contribution in [0.4, 0.5) is 5.69 Å². The second-order valence-corrected chi connectivity index (χ2v) is 6.02. The third-order valence-electron chi connectivity index (χ3n) is 3.10. The van der Waals surface area contributed by atoms with Gasteiger partial charge in [-0.2, -0.15) is 0 Å². The van der Waals surface area contributed by atoms with E-state index in [0.717, 1.165) is 23.5 Å². The molecule has 112 valence electrons. The molecule has 1 amide bonds. The van der Waals surface area contributed by atoms with Gasteiger partial charge in [0.2, 0.25) is 5.91 Å². The zero-order valence-electron chi connectivity index (χ0n) is 12.4. The van der Waals surface area contributed by atoms with Crippen LogP contribution in [0.2, 0.25) is 0 Å². The molecule has 0 aliphatic rings. The Kier molecular flexibility index (Phi) is 8.96. The van der Waals surface area contributed by atoms with Crippen molar-refractivity contribution in [1.29, 1.82) is 0 Å². The number of hydrogen-bond acceptors (Lipinski definition) is 3. The summed E-state index contributed by atoms with van der Waals surface area (Å²) in [4.78, 5) is 12.7. The predicted molar refractivity (Wildman–Crippen MR) is 88.0 cm³/mol. The van der Waals surface area contributed by atoms with Gasteiger partial charge in [-0.05, 0) is 30.7 Å². The Balaban J connectivity index is 2.01. The van der Waals surface area contributed by atoms with Crippen LogP contribution in [-0.2, 0) is 4.79 Å². The molecule has 0 aliphatic heterocycles. The average Bonchev–Trinajstić information content (AvgIpc) is 2.46. The van der Waals surface area contributed by atoms with Crippen molar-refractivity contribution in [3.8, 4) is 0 Å². The lowest BCUT2D eigenvalue weighted by Gasteiger charge is -2.05. The van der Waals surface area contributed by atoms with Crippen molar-refractivity contribution in [2.24, 2.45) is 0 Å². The number of amides is 1. The topological polar surface area (TPSA) is 55.1 Å². The fourth-order valence-corrected chi connectivity index (χ4v) is 2.63. The summed E-state index contributed by atoms with van der Waals surface area (Å²) in [5, 5.41) is 2.97. The highest BCUT2D eigenvalue weighted by atomic mass is 32.2. The Morgan fingerprint density at radius 1 is 1.10 bits per heavy atom. The second kappa shape index (κ2) is 10.6. The molecule has 1 aromatic rings. The van der Waals surface area contributed by atoms with Crippen LogP contribution < -0.4 is 11.1 Å². The van der Waals surface area contributed by atoms with Gasteiger partial charge in [0, 0.05) is 17.1 Å². The van der Waals surface area contributed by atoms with E-state index in [1.54, 1.807) is 11.8 Å². The minimum atomic E-state index is 0.111. The van der Waals surface area contributed by atoms with Crippen molar-refractivity contribution in [3.05, 3.63) is 24.3 Å². The summed E-state index contributed by atoms with van der Waals surface area (Å²) >= 11 is 1.54. The molecule has 0 aliphatic carbocycles. The highest BCUT2D eigenvalue weighted by Gasteiger charge is 2.02. The Bertz CT molecular complexity index is 379. The largest absolute Gasteiger partial charge is 0.399 e. The quantitative estimate of drug-likeness (QED) is 0.391. The lowest BCUT2D eigenvalue weighted by Crippen LogP contribution is -2.26. The van der Waals surface area contributed by atoms with Gasteiger partial charge in [-0.1, -0.05) is 39.0 Å². The molecular weight excluding hydrogens is 268 g/mol. The van der Waals surface area contributed by atoms with E-state index in [0.29, 0.717) is 5.75 Å². The fourth-order valence-electron chi connectivity index (χ4n) is 1.90. The van der Waals surface area contributed by atoms with Gasteiger partial charge in [0.25, 0.3) is 0 Å². The first-order chi connectivity index (χ1) is 9.72. The van der Waals surface area contributed by atoms with Crippen molar-refractivity contribution in [3.63, 3.8) is 0 Å². The van der Waals surface area contributed by atoms with Gasteiger partial charge in [0.1, 0.15) is 0 Å². The monoisotopic (exact) mass is 294 g/mol. The van der Waals surface area contributed by atoms with Crippen molar-refractivity contribution in [1.82, 2.24) is 5.32 Å². The molecule has 1 rings (SSSR count). The van der Waals surface area contributed by atoms with E-state index in [1.807, 2.05) is 24.3 Å². The third-order valence-corrected chi connectivity index (χ3v) is 4.11. The maximum absolute atomic E-state index is 11.7. The molecule has 3 N–H and O–H groups in total. The molecule has 4 heteroatoms. The number of carbonyl (C=O) groups is 1. The van der Waals surface area contributed by atoms with Crippen molar-refractivity contribution >= 4 is 23.4 Å². The van der Waals surface area contributed by atoms with E-state index in [9.17, 15) is 4.79 Å². The minimum absolute atomic E-state index is 0.111. The molecule has 0 saturated carbocycles. The molecule has 0 unspecified atom stereocenters. The van der Waals surface area contributed by atoms with Crippen LogP contribution in [0.3, 0.4) is 0 Å². The van der Waals surface area contributed by atoms with Gasteiger partial charge in [-0.3, -0.25) is 4.79 Å². The highest BCUT2D eigenvalue weighted by molar-refractivity contribution is 8.00. The molecule has 0 atom stereocenters. The van der Waals surface area contributed by atoms with Crippen molar-refractivity contribution < 1.29 is 4.79 Å². The smallest absolute Gasteiger partial charge is 0.230 e. The van der Waals surface area contributed by atoms with E-state index in [-0.39, 0.29) is 5.91 Å². The number of benzene rings is 1. The summed E-state index contributed by atoms with van der Waals surface area (Å²) in [7, 11) is 0. The maximum atomic E-state index is 11.7. The van der Waals surface area contributed by atoms with Crippen LogP contribution in [0, 0.1) is 0 Å². The molecule has 0 spiro atoms.